The lowest BCUT2D eigenvalue weighted by molar-refractivity contribution is 0.111. The summed E-state index contributed by atoms with van der Waals surface area (Å²) in [7, 11) is 0. The van der Waals surface area contributed by atoms with E-state index in [0.29, 0.717) is 18.0 Å². The molecule has 0 aliphatic carbocycles. The summed E-state index contributed by atoms with van der Waals surface area (Å²) < 4.78 is 0. The Kier molecular flexibility index (Phi) is 5.69. The van der Waals surface area contributed by atoms with Gasteiger partial charge in [0.15, 0.2) is 0 Å². The van der Waals surface area contributed by atoms with E-state index in [4.69, 9.17) is 11.5 Å². The first-order valence-corrected chi connectivity index (χ1v) is 6.76. The predicted octanol–water partition coefficient (Wildman–Crippen LogP) is 1.01. The Morgan fingerprint density at radius 2 is 1.83 bits per heavy atom. The van der Waals surface area contributed by atoms with Gasteiger partial charge in [-0.2, -0.15) is 0 Å². The highest BCUT2D eigenvalue weighted by atomic mass is 15.2. The molecule has 4 nitrogen and oxygen atoms in total. The van der Waals surface area contributed by atoms with Gasteiger partial charge >= 0.3 is 0 Å². The predicted molar refractivity (Wildman–Crippen MR) is 77.9 cm³/mol. The van der Waals surface area contributed by atoms with E-state index < -0.39 is 0 Å². The topological polar surface area (TPSA) is 67.3 Å². The molecule has 1 heterocycles. The van der Waals surface area contributed by atoms with Crippen molar-refractivity contribution in [1.29, 1.82) is 0 Å². The molecule has 1 aliphatic heterocycles. The number of hydrogen-bond donors (Lipinski definition) is 3. The van der Waals surface area contributed by atoms with Crippen molar-refractivity contribution in [3.8, 4) is 0 Å². The summed E-state index contributed by atoms with van der Waals surface area (Å²) in [5, 5.41) is 3.46. The summed E-state index contributed by atoms with van der Waals surface area (Å²) in [5.74, 6) is 0.441. The van der Waals surface area contributed by atoms with Crippen LogP contribution in [0.4, 0.5) is 0 Å². The maximum absolute atomic E-state index is 5.79. The number of nitrogens with two attached hydrogens (primary N) is 2. The fourth-order valence-electron chi connectivity index (χ4n) is 2.74. The zero-order chi connectivity index (χ0) is 13.7. The summed E-state index contributed by atoms with van der Waals surface area (Å²) in [5.41, 5.74) is 13.4. The third-order valence-corrected chi connectivity index (χ3v) is 3.49. The van der Waals surface area contributed by atoms with Gasteiger partial charge in [0.1, 0.15) is 0 Å². The standard InChI is InChI=1S/C14H28N4/c1-10(7-11(2)15)14-9-17-5-6-18(14)13(4)8-12(3)16/h7-8,10,13-14,17H,5-6,9,15-16H2,1-4H3. The average molecular weight is 252 g/mol. The Bertz CT molecular complexity index is 282. The Morgan fingerprint density at radius 1 is 1.22 bits per heavy atom. The monoisotopic (exact) mass is 252 g/mol. The molecule has 1 fully saturated rings. The molecule has 0 bridgehead atoms. The molecule has 5 N–H and O–H groups in total. The number of nitrogens with zero attached hydrogens (tertiary/aromatic N) is 1. The smallest absolute Gasteiger partial charge is 0.0287 e. The molecule has 0 aromatic heterocycles. The zero-order valence-corrected chi connectivity index (χ0v) is 12.1. The van der Waals surface area contributed by atoms with Crippen LogP contribution in [-0.2, 0) is 0 Å². The van der Waals surface area contributed by atoms with Gasteiger partial charge in [-0.1, -0.05) is 13.0 Å². The molecule has 0 aromatic rings. The van der Waals surface area contributed by atoms with Crippen molar-refractivity contribution in [3.63, 3.8) is 0 Å². The van der Waals surface area contributed by atoms with Gasteiger partial charge in [-0.3, -0.25) is 4.90 Å². The summed E-state index contributed by atoms with van der Waals surface area (Å²) in [6.45, 7) is 11.4. The van der Waals surface area contributed by atoms with Crippen LogP contribution in [0.2, 0.25) is 0 Å². The molecule has 18 heavy (non-hydrogen) atoms. The molecule has 0 aromatic carbocycles. The van der Waals surface area contributed by atoms with Gasteiger partial charge in [-0.05, 0) is 32.8 Å². The fourth-order valence-corrected chi connectivity index (χ4v) is 2.74. The molecular weight excluding hydrogens is 224 g/mol. The van der Waals surface area contributed by atoms with Crippen LogP contribution in [0.15, 0.2) is 23.5 Å². The third-order valence-electron chi connectivity index (χ3n) is 3.49. The highest BCUT2D eigenvalue weighted by Gasteiger charge is 2.28. The number of nitrogens with one attached hydrogen (secondary N) is 1. The van der Waals surface area contributed by atoms with E-state index >= 15 is 0 Å². The molecule has 1 aliphatic rings. The van der Waals surface area contributed by atoms with Crippen molar-refractivity contribution in [1.82, 2.24) is 10.2 Å². The highest BCUT2D eigenvalue weighted by molar-refractivity contribution is 5.05. The quantitative estimate of drug-likeness (QED) is 0.698. The van der Waals surface area contributed by atoms with E-state index in [1.54, 1.807) is 0 Å². The second-order valence-corrected chi connectivity index (χ2v) is 5.43. The summed E-state index contributed by atoms with van der Waals surface area (Å²) >= 11 is 0. The Hall–Kier alpha value is -1.00. The van der Waals surface area contributed by atoms with E-state index in [9.17, 15) is 0 Å². The minimum atomic E-state index is 0.371. The largest absolute Gasteiger partial charge is 0.403 e. The zero-order valence-electron chi connectivity index (χ0n) is 12.1. The van der Waals surface area contributed by atoms with E-state index in [1.165, 1.54) is 0 Å². The van der Waals surface area contributed by atoms with Gasteiger partial charge in [0.25, 0.3) is 0 Å². The van der Waals surface area contributed by atoms with Crippen molar-refractivity contribution in [2.45, 2.75) is 39.8 Å². The molecule has 0 amide bonds. The second-order valence-electron chi connectivity index (χ2n) is 5.43. The minimum absolute atomic E-state index is 0.371. The van der Waals surface area contributed by atoms with Gasteiger partial charge in [-0.15, -0.1) is 0 Å². The molecule has 0 saturated carbocycles. The number of piperazine rings is 1. The fraction of sp³-hybridized carbons (Fsp3) is 0.714. The van der Waals surface area contributed by atoms with Crippen molar-refractivity contribution >= 4 is 0 Å². The molecular formula is C14H28N4. The van der Waals surface area contributed by atoms with Gasteiger partial charge in [-0.25, -0.2) is 0 Å². The maximum Gasteiger partial charge on any atom is 0.0287 e. The van der Waals surface area contributed by atoms with E-state index in [-0.39, 0.29) is 0 Å². The van der Waals surface area contributed by atoms with E-state index in [2.05, 4.69) is 36.2 Å². The molecule has 104 valence electrons. The van der Waals surface area contributed by atoms with Crippen LogP contribution in [0.3, 0.4) is 0 Å². The van der Waals surface area contributed by atoms with Gasteiger partial charge < -0.3 is 16.8 Å². The minimum Gasteiger partial charge on any atom is -0.403 e. The first kappa shape index (κ1) is 15.1. The number of allylic oxidation sites excluding steroid dienone is 2. The Morgan fingerprint density at radius 3 is 2.39 bits per heavy atom. The molecule has 0 spiro atoms. The average Bonchev–Trinajstić information content (AvgIpc) is 2.27. The van der Waals surface area contributed by atoms with Crippen LogP contribution in [0.5, 0.6) is 0 Å². The first-order valence-electron chi connectivity index (χ1n) is 6.76. The van der Waals surface area contributed by atoms with Crippen molar-refractivity contribution < 1.29 is 0 Å². The number of hydrogen-bond acceptors (Lipinski definition) is 4. The summed E-state index contributed by atoms with van der Waals surface area (Å²) in [4.78, 5) is 2.51. The third kappa shape index (κ3) is 4.35. The SMILES string of the molecule is CC(N)=CC(C)C1CNCCN1C(C)C=C(C)N. The van der Waals surface area contributed by atoms with Crippen LogP contribution in [0, 0.1) is 5.92 Å². The lowest BCUT2D eigenvalue weighted by atomic mass is 9.95. The summed E-state index contributed by atoms with van der Waals surface area (Å²) in [6, 6.07) is 0.846. The van der Waals surface area contributed by atoms with Gasteiger partial charge in [0.05, 0.1) is 0 Å². The van der Waals surface area contributed by atoms with Crippen LogP contribution in [0.25, 0.3) is 0 Å². The van der Waals surface area contributed by atoms with Gasteiger partial charge in [0, 0.05) is 43.1 Å². The first-order chi connectivity index (χ1) is 8.41. The highest BCUT2D eigenvalue weighted by Crippen LogP contribution is 2.19. The van der Waals surface area contributed by atoms with Crippen LogP contribution < -0.4 is 16.8 Å². The van der Waals surface area contributed by atoms with Crippen molar-refractivity contribution in [2.24, 2.45) is 17.4 Å². The lowest BCUT2D eigenvalue weighted by Gasteiger charge is -2.41. The number of rotatable bonds is 4. The van der Waals surface area contributed by atoms with E-state index in [1.807, 2.05) is 13.8 Å². The summed E-state index contributed by atoms with van der Waals surface area (Å²) in [6.07, 6.45) is 4.28. The normalized spacial score (nSPS) is 27.0. The molecule has 1 saturated heterocycles. The van der Waals surface area contributed by atoms with Crippen LogP contribution in [0.1, 0.15) is 27.7 Å². The van der Waals surface area contributed by atoms with Crippen LogP contribution >= 0.6 is 0 Å². The molecule has 3 unspecified atom stereocenters. The molecule has 3 atom stereocenters. The van der Waals surface area contributed by atoms with Gasteiger partial charge in [0.2, 0.25) is 0 Å². The second kappa shape index (κ2) is 6.81. The van der Waals surface area contributed by atoms with Crippen molar-refractivity contribution in [3.05, 3.63) is 23.5 Å². The van der Waals surface area contributed by atoms with Crippen LogP contribution in [-0.4, -0.2) is 36.6 Å². The van der Waals surface area contributed by atoms with E-state index in [0.717, 1.165) is 31.0 Å². The molecule has 1 rings (SSSR count). The van der Waals surface area contributed by atoms with Crippen molar-refractivity contribution in [2.75, 3.05) is 19.6 Å². The lowest BCUT2D eigenvalue weighted by Crippen LogP contribution is -2.56. The Balaban J connectivity index is 2.79. The molecule has 0 radical (unpaired) electrons. The maximum atomic E-state index is 5.79. The Labute approximate surface area is 111 Å². The molecule has 4 heteroatoms.